The van der Waals surface area contributed by atoms with Crippen LogP contribution in [0, 0.1) is 0 Å². The summed E-state index contributed by atoms with van der Waals surface area (Å²) in [5.74, 6) is 0. The Kier molecular flexibility index (Phi) is 36.4. The van der Waals surface area contributed by atoms with Crippen LogP contribution in [0.4, 0.5) is 0 Å². The van der Waals surface area contributed by atoms with Gasteiger partial charge in [-0.1, -0.05) is 53.4 Å². The third kappa shape index (κ3) is 33.8. The molecule has 0 aromatic carbocycles. The van der Waals surface area contributed by atoms with Crippen LogP contribution in [0.3, 0.4) is 0 Å². The SMILES string of the molecule is CCCCNC(=S)NCCCN(CCCCN(CCCNC(=S)NCCCC)CCCNC(=S)NCCCC)CCCNC(=S)NCCCC. The zero-order valence-electron chi connectivity index (χ0n) is 32.3. The first-order chi connectivity index (χ1) is 24.4. The molecule has 0 atom stereocenters. The molecule has 0 rings (SSSR count). The third-order valence-electron chi connectivity index (χ3n) is 8.21. The fraction of sp³-hybridized carbons (Fsp3) is 0.889. The Balaban J connectivity index is 4.84. The lowest BCUT2D eigenvalue weighted by atomic mass is 10.2. The molecule has 0 radical (unpaired) electrons. The van der Waals surface area contributed by atoms with E-state index in [1.54, 1.807) is 0 Å². The van der Waals surface area contributed by atoms with Gasteiger partial charge in [-0.05, 0) is 152 Å². The maximum atomic E-state index is 5.45. The molecule has 0 aromatic rings. The topological polar surface area (TPSA) is 103 Å². The average molecular weight is 777 g/mol. The highest BCUT2D eigenvalue weighted by molar-refractivity contribution is 7.80. The predicted octanol–water partition coefficient (Wildman–Crippen LogP) is 4.99. The van der Waals surface area contributed by atoms with Crippen molar-refractivity contribution in [2.75, 3.05) is 91.6 Å². The maximum Gasteiger partial charge on any atom is 0.166 e. The first-order valence-corrected chi connectivity index (χ1v) is 21.5. The maximum absolute atomic E-state index is 5.45. The smallest absolute Gasteiger partial charge is 0.166 e. The van der Waals surface area contributed by atoms with Gasteiger partial charge in [-0.15, -0.1) is 0 Å². The summed E-state index contributed by atoms with van der Waals surface area (Å²) in [5.41, 5.74) is 0. The summed E-state index contributed by atoms with van der Waals surface area (Å²) in [5, 5.41) is 29.9. The van der Waals surface area contributed by atoms with Gasteiger partial charge in [-0.2, -0.15) is 0 Å². The second-order valence-corrected chi connectivity index (χ2v) is 14.6. The highest BCUT2D eigenvalue weighted by Crippen LogP contribution is 2.03. The minimum atomic E-state index is 0.771. The zero-order valence-corrected chi connectivity index (χ0v) is 35.6. The zero-order chi connectivity index (χ0) is 36.9. The quantitative estimate of drug-likeness (QED) is 0.0340. The van der Waals surface area contributed by atoms with Crippen LogP contribution in [0.15, 0.2) is 0 Å². The summed E-state index contributed by atoms with van der Waals surface area (Å²) in [6.07, 6.45) is 15.9. The van der Waals surface area contributed by atoms with Crippen LogP contribution in [0.2, 0.25) is 0 Å². The number of rotatable bonds is 33. The molecule has 0 aliphatic carbocycles. The van der Waals surface area contributed by atoms with Gasteiger partial charge in [0.1, 0.15) is 0 Å². The monoisotopic (exact) mass is 777 g/mol. The standard InChI is InChI=1S/C36H76N10S4/c1-5-9-19-37-33(47)41-23-15-29-45(30-16-24-42-34(48)38-20-10-6-2)27-13-14-28-46(31-17-25-43-35(49)39-21-11-7-3)32-18-26-44-36(50)40-22-12-8-4/h5-32H2,1-4H3,(H2,37,41,47)(H2,38,42,48)(H2,39,43,49)(H2,40,44,50). The molecule has 0 spiro atoms. The van der Waals surface area contributed by atoms with E-state index in [4.69, 9.17) is 48.9 Å². The number of thiocarbonyl (C=S) groups is 4. The Labute approximate surface area is 329 Å². The highest BCUT2D eigenvalue weighted by Gasteiger charge is 2.09. The lowest BCUT2D eigenvalue weighted by Gasteiger charge is -2.25. The van der Waals surface area contributed by atoms with Crippen molar-refractivity contribution in [2.24, 2.45) is 0 Å². The fourth-order valence-corrected chi connectivity index (χ4v) is 5.94. The molecule has 0 aromatic heterocycles. The van der Waals surface area contributed by atoms with Crippen LogP contribution in [-0.4, -0.2) is 122 Å². The summed E-state index contributed by atoms with van der Waals surface area (Å²) in [4.78, 5) is 5.23. The van der Waals surface area contributed by atoms with Crippen molar-refractivity contribution in [3.05, 3.63) is 0 Å². The predicted molar refractivity (Wildman–Crippen MR) is 235 cm³/mol. The van der Waals surface area contributed by atoms with E-state index < -0.39 is 0 Å². The van der Waals surface area contributed by atoms with E-state index in [1.807, 2.05) is 0 Å². The second kappa shape index (κ2) is 37.4. The molecule has 14 heteroatoms. The van der Waals surface area contributed by atoms with E-state index >= 15 is 0 Å². The fourth-order valence-electron chi connectivity index (χ4n) is 5.12. The Morgan fingerprint density at radius 3 is 0.680 bits per heavy atom. The van der Waals surface area contributed by atoms with Crippen molar-refractivity contribution in [1.82, 2.24) is 52.3 Å². The molecule has 0 fully saturated rings. The lowest BCUT2D eigenvalue weighted by molar-refractivity contribution is 0.235. The summed E-state index contributed by atoms with van der Waals surface area (Å²) >= 11 is 21.8. The summed E-state index contributed by atoms with van der Waals surface area (Å²) < 4.78 is 0. The number of hydrogen-bond acceptors (Lipinski definition) is 6. The molecule has 10 nitrogen and oxygen atoms in total. The van der Waals surface area contributed by atoms with Crippen molar-refractivity contribution >= 4 is 69.3 Å². The third-order valence-corrected chi connectivity index (χ3v) is 9.36. The van der Waals surface area contributed by atoms with Crippen LogP contribution < -0.4 is 42.5 Å². The number of nitrogens with zero attached hydrogens (tertiary/aromatic N) is 2. The van der Waals surface area contributed by atoms with Crippen LogP contribution in [0.5, 0.6) is 0 Å². The number of nitrogens with one attached hydrogen (secondary N) is 8. The van der Waals surface area contributed by atoms with Crippen molar-refractivity contribution in [2.45, 2.75) is 118 Å². The summed E-state index contributed by atoms with van der Waals surface area (Å²) in [7, 11) is 0. The minimum Gasteiger partial charge on any atom is -0.363 e. The van der Waals surface area contributed by atoms with E-state index in [9.17, 15) is 0 Å². The first kappa shape index (κ1) is 48.7. The molecular formula is C36H76N10S4. The van der Waals surface area contributed by atoms with Gasteiger partial charge in [-0.25, -0.2) is 0 Å². The van der Waals surface area contributed by atoms with Gasteiger partial charge in [0.15, 0.2) is 20.4 Å². The van der Waals surface area contributed by atoms with Crippen LogP contribution in [-0.2, 0) is 0 Å². The molecule has 0 saturated heterocycles. The first-order valence-electron chi connectivity index (χ1n) is 19.9. The minimum absolute atomic E-state index is 0.771. The number of hydrogen-bond donors (Lipinski definition) is 8. The lowest BCUT2D eigenvalue weighted by Crippen LogP contribution is -2.39. The van der Waals surface area contributed by atoms with Gasteiger partial charge in [0.2, 0.25) is 0 Å². The molecule has 0 saturated carbocycles. The Bertz CT molecular complexity index is 711. The van der Waals surface area contributed by atoms with Crippen LogP contribution in [0.1, 0.15) is 118 Å². The highest BCUT2D eigenvalue weighted by atomic mass is 32.1. The molecule has 0 aliphatic heterocycles. The van der Waals surface area contributed by atoms with Gasteiger partial charge in [-0.3, -0.25) is 0 Å². The summed E-state index contributed by atoms with van der Waals surface area (Å²) in [6, 6.07) is 0. The molecule has 0 amide bonds. The Morgan fingerprint density at radius 2 is 0.480 bits per heavy atom. The van der Waals surface area contributed by atoms with Crippen molar-refractivity contribution in [1.29, 1.82) is 0 Å². The largest absolute Gasteiger partial charge is 0.363 e. The normalized spacial score (nSPS) is 10.9. The molecule has 294 valence electrons. The van der Waals surface area contributed by atoms with Gasteiger partial charge in [0, 0.05) is 52.4 Å². The summed E-state index contributed by atoms with van der Waals surface area (Å²) in [6.45, 7) is 22.5. The van der Waals surface area contributed by atoms with Crippen molar-refractivity contribution in [3.63, 3.8) is 0 Å². The molecule has 0 heterocycles. The molecule has 0 aliphatic rings. The Morgan fingerprint density at radius 1 is 0.300 bits per heavy atom. The van der Waals surface area contributed by atoms with Gasteiger partial charge < -0.3 is 52.3 Å². The van der Waals surface area contributed by atoms with Gasteiger partial charge in [0.05, 0.1) is 0 Å². The van der Waals surface area contributed by atoms with Crippen molar-refractivity contribution in [3.8, 4) is 0 Å². The van der Waals surface area contributed by atoms with E-state index in [1.165, 1.54) is 38.5 Å². The number of unbranched alkanes of at least 4 members (excludes halogenated alkanes) is 5. The molecule has 8 N–H and O–H groups in total. The van der Waals surface area contributed by atoms with Crippen molar-refractivity contribution < 1.29 is 0 Å². The molecule has 0 unspecified atom stereocenters. The van der Waals surface area contributed by atoms with E-state index in [0.29, 0.717) is 0 Å². The van der Waals surface area contributed by atoms with E-state index in [-0.39, 0.29) is 0 Å². The Hall–Kier alpha value is -1.32. The molecular weight excluding hydrogens is 701 g/mol. The van der Waals surface area contributed by atoms with E-state index in [0.717, 1.165) is 163 Å². The van der Waals surface area contributed by atoms with Crippen LogP contribution >= 0.6 is 48.9 Å². The second-order valence-electron chi connectivity index (χ2n) is 12.9. The molecule has 50 heavy (non-hydrogen) atoms. The average Bonchev–Trinajstić information content (AvgIpc) is 3.10. The van der Waals surface area contributed by atoms with Gasteiger partial charge in [0.25, 0.3) is 0 Å². The van der Waals surface area contributed by atoms with E-state index in [2.05, 4.69) is 80.0 Å². The van der Waals surface area contributed by atoms with Crippen LogP contribution in [0.25, 0.3) is 0 Å². The molecule has 0 bridgehead atoms. The van der Waals surface area contributed by atoms with Gasteiger partial charge >= 0.3 is 0 Å².